The third kappa shape index (κ3) is 5.97. The highest BCUT2D eigenvalue weighted by Gasteiger charge is 2.21. The summed E-state index contributed by atoms with van der Waals surface area (Å²) in [4.78, 5) is 29.6. The van der Waals surface area contributed by atoms with Gasteiger partial charge >= 0.3 is 0 Å². The van der Waals surface area contributed by atoms with Gasteiger partial charge in [0.2, 0.25) is 11.8 Å². The first kappa shape index (κ1) is 23.4. The Morgan fingerprint density at radius 1 is 1.06 bits per heavy atom. The number of nitrogens with zero attached hydrogens (tertiary/aromatic N) is 1. The van der Waals surface area contributed by atoms with E-state index in [1.165, 1.54) is 29.5 Å². The average Bonchev–Trinajstić information content (AvgIpc) is 3.25. The molecule has 0 atom stereocenters. The minimum absolute atomic E-state index is 0.109. The van der Waals surface area contributed by atoms with Crippen molar-refractivity contribution in [3.05, 3.63) is 36.4 Å². The molecule has 33 heavy (non-hydrogen) atoms. The number of carbonyl (C=O) groups excluding carboxylic acids is 2. The maximum Gasteiger partial charge on any atom is 0.234 e. The van der Waals surface area contributed by atoms with Crippen molar-refractivity contribution in [2.24, 2.45) is 5.92 Å². The Labute approximate surface area is 201 Å². The van der Waals surface area contributed by atoms with E-state index < -0.39 is 0 Å². The van der Waals surface area contributed by atoms with E-state index in [4.69, 9.17) is 9.47 Å². The van der Waals surface area contributed by atoms with Gasteiger partial charge < -0.3 is 20.1 Å². The Bertz CT molecular complexity index is 1140. The lowest BCUT2D eigenvalue weighted by molar-refractivity contribution is -0.120. The largest absolute Gasteiger partial charge is 0.497 e. The first-order chi connectivity index (χ1) is 16.1. The molecule has 0 unspecified atom stereocenters. The summed E-state index contributed by atoms with van der Waals surface area (Å²) in [7, 11) is 3.13. The lowest BCUT2D eigenvalue weighted by Gasteiger charge is -2.20. The van der Waals surface area contributed by atoms with Gasteiger partial charge in [0.1, 0.15) is 11.5 Å². The number of benzene rings is 2. The zero-order valence-electron chi connectivity index (χ0n) is 18.7. The molecule has 3 aromatic rings. The van der Waals surface area contributed by atoms with Gasteiger partial charge in [-0.25, -0.2) is 4.98 Å². The molecule has 7 nitrogen and oxygen atoms in total. The molecule has 1 saturated carbocycles. The average molecular weight is 486 g/mol. The van der Waals surface area contributed by atoms with E-state index in [-0.39, 0.29) is 23.5 Å². The molecule has 9 heteroatoms. The highest BCUT2D eigenvalue weighted by atomic mass is 32.2. The minimum Gasteiger partial charge on any atom is -0.497 e. The van der Waals surface area contributed by atoms with Crippen LogP contribution in [-0.2, 0) is 9.59 Å². The van der Waals surface area contributed by atoms with E-state index in [0.717, 1.165) is 45.9 Å². The normalized spacial score (nSPS) is 14.1. The van der Waals surface area contributed by atoms with Crippen molar-refractivity contribution in [1.82, 2.24) is 4.98 Å². The van der Waals surface area contributed by atoms with Gasteiger partial charge in [-0.2, -0.15) is 0 Å². The SMILES string of the molecule is COc1ccc(OC)c(NC(=O)CSc2nc3ccc(NC(=O)C4CCCCC4)cc3s2)c1. The summed E-state index contributed by atoms with van der Waals surface area (Å²) in [5.41, 5.74) is 2.21. The number of ether oxygens (including phenoxy) is 2. The van der Waals surface area contributed by atoms with Crippen molar-refractivity contribution in [3.63, 3.8) is 0 Å². The standard InChI is InChI=1S/C24H27N3O4S2/c1-30-17-9-11-20(31-2)19(13-17)26-22(28)14-32-24-27-18-10-8-16(12-21(18)33-24)25-23(29)15-6-4-3-5-7-15/h8-13,15H,3-7,14H2,1-2H3,(H,25,29)(H,26,28). The second-order valence-electron chi connectivity index (χ2n) is 7.89. The Hall–Kier alpha value is -2.78. The number of thiazole rings is 1. The van der Waals surface area contributed by atoms with E-state index in [0.29, 0.717) is 17.2 Å². The van der Waals surface area contributed by atoms with Crippen LogP contribution in [0.2, 0.25) is 0 Å². The second kappa shape index (κ2) is 10.9. The lowest BCUT2D eigenvalue weighted by atomic mass is 9.88. The molecule has 4 rings (SSSR count). The van der Waals surface area contributed by atoms with Gasteiger partial charge in [-0.05, 0) is 43.2 Å². The van der Waals surface area contributed by atoms with Gasteiger partial charge in [-0.15, -0.1) is 11.3 Å². The summed E-state index contributed by atoms with van der Waals surface area (Å²) in [6.45, 7) is 0. The number of rotatable bonds is 8. The van der Waals surface area contributed by atoms with Gasteiger partial charge in [0.15, 0.2) is 4.34 Å². The van der Waals surface area contributed by atoms with Gasteiger partial charge in [0.05, 0.1) is 35.9 Å². The summed E-state index contributed by atoms with van der Waals surface area (Å²) in [6, 6.07) is 11.0. The third-order valence-electron chi connectivity index (χ3n) is 5.62. The number of amides is 2. The van der Waals surface area contributed by atoms with Crippen LogP contribution in [0.3, 0.4) is 0 Å². The smallest absolute Gasteiger partial charge is 0.234 e. The molecule has 0 spiro atoms. The number of nitrogens with one attached hydrogen (secondary N) is 2. The fraction of sp³-hybridized carbons (Fsp3) is 0.375. The van der Waals surface area contributed by atoms with E-state index in [9.17, 15) is 9.59 Å². The number of carbonyl (C=O) groups is 2. The quantitative estimate of drug-likeness (QED) is 0.406. The highest BCUT2D eigenvalue weighted by Crippen LogP contribution is 2.33. The van der Waals surface area contributed by atoms with Crippen molar-refractivity contribution in [1.29, 1.82) is 0 Å². The highest BCUT2D eigenvalue weighted by molar-refractivity contribution is 8.01. The van der Waals surface area contributed by atoms with E-state index in [2.05, 4.69) is 15.6 Å². The predicted octanol–water partition coefficient (Wildman–Crippen LogP) is 5.56. The first-order valence-corrected chi connectivity index (χ1v) is 12.7. The van der Waals surface area contributed by atoms with Crippen LogP contribution in [0.1, 0.15) is 32.1 Å². The van der Waals surface area contributed by atoms with E-state index in [1.54, 1.807) is 32.4 Å². The Morgan fingerprint density at radius 3 is 2.64 bits per heavy atom. The number of anilines is 2. The van der Waals surface area contributed by atoms with E-state index >= 15 is 0 Å². The van der Waals surface area contributed by atoms with Crippen LogP contribution in [0.25, 0.3) is 10.2 Å². The third-order valence-corrected chi connectivity index (χ3v) is 7.78. The van der Waals surface area contributed by atoms with Crippen LogP contribution in [0, 0.1) is 5.92 Å². The summed E-state index contributed by atoms with van der Waals surface area (Å²) in [6.07, 6.45) is 5.43. The topological polar surface area (TPSA) is 89.6 Å². The van der Waals surface area contributed by atoms with Crippen molar-refractivity contribution >= 4 is 56.5 Å². The molecule has 1 heterocycles. The fourth-order valence-corrected chi connectivity index (χ4v) is 5.79. The van der Waals surface area contributed by atoms with Crippen LogP contribution in [0.5, 0.6) is 11.5 Å². The molecule has 0 saturated heterocycles. The molecule has 2 amide bonds. The van der Waals surface area contributed by atoms with Crippen molar-refractivity contribution in [2.75, 3.05) is 30.6 Å². The molecule has 2 aromatic carbocycles. The number of aromatic nitrogens is 1. The minimum atomic E-state index is -0.161. The molecule has 0 aliphatic heterocycles. The maximum absolute atomic E-state index is 12.5. The number of hydrogen-bond acceptors (Lipinski definition) is 7. The molecule has 174 valence electrons. The maximum atomic E-state index is 12.5. The Balaban J connectivity index is 1.36. The lowest BCUT2D eigenvalue weighted by Crippen LogP contribution is -2.24. The molecule has 1 fully saturated rings. The molecule has 0 bridgehead atoms. The van der Waals surface area contributed by atoms with Crippen molar-refractivity contribution in [3.8, 4) is 11.5 Å². The number of methoxy groups -OCH3 is 2. The monoisotopic (exact) mass is 485 g/mol. The van der Waals surface area contributed by atoms with Gasteiger partial charge in [0.25, 0.3) is 0 Å². The molecule has 1 aliphatic carbocycles. The van der Waals surface area contributed by atoms with Crippen LogP contribution in [0.15, 0.2) is 40.7 Å². The Morgan fingerprint density at radius 2 is 1.88 bits per heavy atom. The summed E-state index contributed by atoms with van der Waals surface area (Å²) in [5, 5.41) is 5.92. The fourth-order valence-electron chi connectivity index (χ4n) is 3.88. The molecular formula is C24H27N3O4S2. The van der Waals surface area contributed by atoms with E-state index in [1.807, 2.05) is 18.2 Å². The number of fused-ring (bicyclic) bond motifs is 1. The molecule has 2 N–H and O–H groups in total. The predicted molar refractivity (Wildman–Crippen MR) is 134 cm³/mol. The van der Waals surface area contributed by atoms with Gasteiger partial charge in [-0.1, -0.05) is 31.0 Å². The molecular weight excluding hydrogens is 458 g/mol. The Kier molecular flexibility index (Phi) is 7.72. The second-order valence-corrected chi connectivity index (χ2v) is 10.1. The van der Waals surface area contributed by atoms with Crippen molar-refractivity contribution in [2.45, 2.75) is 36.4 Å². The van der Waals surface area contributed by atoms with Crippen LogP contribution in [-0.4, -0.2) is 36.8 Å². The van der Waals surface area contributed by atoms with Crippen molar-refractivity contribution < 1.29 is 19.1 Å². The number of hydrogen-bond donors (Lipinski definition) is 2. The first-order valence-electron chi connectivity index (χ1n) is 10.9. The zero-order chi connectivity index (χ0) is 23.2. The van der Waals surface area contributed by atoms with Crippen LogP contribution >= 0.6 is 23.1 Å². The summed E-state index contributed by atoms with van der Waals surface area (Å²) in [5.74, 6) is 1.48. The van der Waals surface area contributed by atoms with Gasteiger partial charge in [0, 0.05) is 17.7 Å². The molecule has 1 aromatic heterocycles. The summed E-state index contributed by atoms with van der Waals surface area (Å²) >= 11 is 2.89. The van der Waals surface area contributed by atoms with Crippen LogP contribution in [0.4, 0.5) is 11.4 Å². The molecule has 1 aliphatic rings. The zero-order valence-corrected chi connectivity index (χ0v) is 20.3. The van der Waals surface area contributed by atoms with Gasteiger partial charge in [-0.3, -0.25) is 9.59 Å². The van der Waals surface area contributed by atoms with Crippen LogP contribution < -0.4 is 20.1 Å². The summed E-state index contributed by atoms with van der Waals surface area (Å²) < 4.78 is 12.3. The number of thioether (sulfide) groups is 1. The molecule has 0 radical (unpaired) electrons.